The molecule has 1 saturated carbocycles. The smallest absolute Gasteiger partial charge is 0.127 e. The van der Waals surface area contributed by atoms with Gasteiger partial charge in [0.05, 0.1) is 5.60 Å². The minimum atomic E-state index is -0.132. The maximum Gasteiger partial charge on any atom is 0.127 e. The molecule has 1 unspecified atom stereocenters. The SMILES string of the molecule is CCCNC(Cc1ccc(Br)cc1F)CC1(OC)CCC1. The molecule has 1 aromatic rings. The molecule has 0 saturated heterocycles. The van der Waals surface area contributed by atoms with Gasteiger partial charge in [-0.25, -0.2) is 4.39 Å². The molecule has 2 rings (SSSR count). The lowest BCUT2D eigenvalue weighted by atomic mass is 9.75. The van der Waals surface area contributed by atoms with E-state index in [9.17, 15) is 4.39 Å². The summed E-state index contributed by atoms with van der Waals surface area (Å²) in [5.41, 5.74) is 0.787. The largest absolute Gasteiger partial charge is 0.378 e. The number of nitrogens with one attached hydrogen (secondary N) is 1. The zero-order valence-electron chi connectivity index (χ0n) is 12.9. The van der Waals surface area contributed by atoms with Crippen LogP contribution in [-0.4, -0.2) is 25.3 Å². The number of benzene rings is 1. The first-order chi connectivity index (χ1) is 10.1. The molecule has 2 nitrogen and oxygen atoms in total. The van der Waals surface area contributed by atoms with Crippen LogP contribution in [0.2, 0.25) is 0 Å². The summed E-state index contributed by atoms with van der Waals surface area (Å²) in [4.78, 5) is 0. The highest BCUT2D eigenvalue weighted by Crippen LogP contribution is 2.39. The zero-order chi connectivity index (χ0) is 15.3. The third-order valence-electron chi connectivity index (χ3n) is 4.48. The lowest BCUT2D eigenvalue weighted by Gasteiger charge is -2.43. The van der Waals surface area contributed by atoms with Crippen molar-refractivity contribution in [1.29, 1.82) is 0 Å². The van der Waals surface area contributed by atoms with E-state index in [0.717, 1.165) is 42.3 Å². The second-order valence-electron chi connectivity index (χ2n) is 6.04. The van der Waals surface area contributed by atoms with Crippen molar-refractivity contribution in [1.82, 2.24) is 5.32 Å². The maximum absolute atomic E-state index is 14.1. The predicted molar refractivity (Wildman–Crippen MR) is 88.1 cm³/mol. The Kier molecular flexibility index (Phi) is 6.20. The summed E-state index contributed by atoms with van der Waals surface area (Å²) in [5.74, 6) is -0.132. The summed E-state index contributed by atoms with van der Waals surface area (Å²) >= 11 is 3.31. The first-order valence-electron chi connectivity index (χ1n) is 7.81. The van der Waals surface area contributed by atoms with E-state index in [1.165, 1.54) is 6.42 Å². The predicted octanol–water partition coefficient (Wildman–Crippen LogP) is 4.46. The van der Waals surface area contributed by atoms with Crippen molar-refractivity contribution in [3.63, 3.8) is 0 Å². The van der Waals surface area contributed by atoms with Gasteiger partial charge in [0, 0.05) is 17.6 Å². The maximum atomic E-state index is 14.1. The van der Waals surface area contributed by atoms with E-state index in [1.54, 1.807) is 13.2 Å². The monoisotopic (exact) mass is 357 g/mol. The van der Waals surface area contributed by atoms with Gasteiger partial charge in [0.2, 0.25) is 0 Å². The molecule has 0 aromatic heterocycles. The van der Waals surface area contributed by atoms with E-state index in [4.69, 9.17) is 4.74 Å². The fourth-order valence-electron chi connectivity index (χ4n) is 3.03. The third-order valence-corrected chi connectivity index (χ3v) is 4.97. The Balaban J connectivity index is 2.04. The Hall–Kier alpha value is -0.450. The van der Waals surface area contributed by atoms with E-state index in [1.807, 2.05) is 12.1 Å². The molecule has 0 bridgehead atoms. The molecule has 0 amide bonds. The molecule has 21 heavy (non-hydrogen) atoms. The molecule has 1 atom stereocenters. The van der Waals surface area contributed by atoms with Crippen molar-refractivity contribution >= 4 is 15.9 Å². The molecule has 1 aliphatic carbocycles. The van der Waals surface area contributed by atoms with Crippen LogP contribution in [0.15, 0.2) is 22.7 Å². The lowest BCUT2D eigenvalue weighted by molar-refractivity contribution is -0.0834. The Morgan fingerprint density at radius 2 is 2.19 bits per heavy atom. The lowest BCUT2D eigenvalue weighted by Crippen LogP contribution is -2.46. The highest BCUT2D eigenvalue weighted by atomic mass is 79.9. The average molecular weight is 358 g/mol. The molecule has 118 valence electrons. The molecule has 1 aromatic carbocycles. The molecule has 1 fully saturated rings. The van der Waals surface area contributed by atoms with Crippen molar-refractivity contribution in [2.24, 2.45) is 0 Å². The summed E-state index contributed by atoms with van der Waals surface area (Å²) in [6.07, 6.45) is 6.23. The minimum absolute atomic E-state index is 0.0112. The number of rotatable bonds is 8. The quantitative estimate of drug-likeness (QED) is 0.741. The summed E-state index contributed by atoms with van der Waals surface area (Å²) in [6, 6.07) is 5.59. The minimum Gasteiger partial charge on any atom is -0.378 e. The van der Waals surface area contributed by atoms with Crippen LogP contribution in [0.5, 0.6) is 0 Å². The number of hydrogen-bond acceptors (Lipinski definition) is 2. The van der Waals surface area contributed by atoms with Gasteiger partial charge in [0.15, 0.2) is 0 Å². The average Bonchev–Trinajstić information content (AvgIpc) is 2.42. The van der Waals surface area contributed by atoms with Crippen LogP contribution in [-0.2, 0) is 11.2 Å². The molecule has 0 spiro atoms. The first kappa shape index (κ1) is 16.9. The van der Waals surface area contributed by atoms with Crippen molar-refractivity contribution in [2.45, 2.75) is 57.1 Å². The van der Waals surface area contributed by atoms with Crippen LogP contribution in [0, 0.1) is 5.82 Å². The van der Waals surface area contributed by atoms with E-state index >= 15 is 0 Å². The van der Waals surface area contributed by atoms with Crippen molar-refractivity contribution in [2.75, 3.05) is 13.7 Å². The van der Waals surface area contributed by atoms with Crippen LogP contribution in [0.1, 0.15) is 44.6 Å². The van der Waals surface area contributed by atoms with Crippen molar-refractivity contribution in [3.05, 3.63) is 34.1 Å². The third kappa shape index (κ3) is 4.51. The van der Waals surface area contributed by atoms with Crippen LogP contribution in [0.4, 0.5) is 4.39 Å². The number of hydrogen-bond donors (Lipinski definition) is 1. The summed E-state index contributed by atoms with van der Waals surface area (Å²) in [5, 5.41) is 3.56. The van der Waals surface area contributed by atoms with Gasteiger partial charge in [0.1, 0.15) is 5.82 Å². The van der Waals surface area contributed by atoms with Crippen LogP contribution >= 0.6 is 15.9 Å². The topological polar surface area (TPSA) is 21.3 Å². The number of halogens is 2. The molecule has 4 heteroatoms. The van der Waals surface area contributed by atoms with Gasteiger partial charge in [0.25, 0.3) is 0 Å². The van der Waals surface area contributed by atoms with E-state index in [0.29, 0.717) is 6.42 Å². The van der Waals surface area contributed by atoms with Gasteiger partial charge in [-0.1, -0.05) is 28.9 Å². The fraction of sp³-hybridized carbons (Fsp3) is 0.647. The summed E-state index contributed by atoms with van der Waals surface area (Å²) in [7, 11) is 1.80. The second kappa shape index (κ2) is 7.70. The molecular formula is C17H25BrFNO. The van der Waals surface area contributed by atoms with Gasteiger partial charge in [-0.2, -0.15) is 0 Å². The van der Waals surface area contributed by atoms with Crippen molar-refractivity contribution < 1.29 is 9.13 Å². The summed E-state index contributed by atoms with van der Waals surface area (Å²) < 4.78 is 20.6. The van der Waals surface area contributed by atoms with E-state index in [-0.39, 0.29) is 17.5 Å². The fourth-order valence-corrected chi connectivity index (χ4v) is 3.36. The molecule has 1 N–H and O–H groups in total. The highest BCUT2D eigenvalue weighted by molar-refractivity contribution is 9.10. The van der Waals surface area contributed by atoms with Crippen molar-refractivity contribution in [3.8, 4) is 0 Å². The van der Waals surface area contributed by atoms with Crippen LogP contribution in [0.3, 0.4) is 0 Å². The molecule has 0 aliphatic heterocycles. The zero-order valence-corrected chi connectivity index (χ0v) is 14.5. The Morgan fingerprint density at radius 1 is 1.43 bits per heavy atom. The van der Waals surface area contributed by atoms with E-state index in [2.05, 4.69) is 28.2 Å². The Labute approximate surface area is 135 Å². The van der Waals surface area contributed by atoms with E-state index < -0.39 is 0 Å². The molecule has 0 heterocycles. The number of methoxy groups -OCH3 is 1. The Bertz CT molecular complexity index is 457. The summed E-state index contributed by atoms with van der Waals surface area (Å²) in [6.45, 7) is 3.11. The second-order valence-corrected chi connectivity index (χ2v) is 6.95. The highest BCUT2D eigenvalue weighted by Gasteiger charge is 2.38. The number of ether oxygens (including phenoxy) is 1. The molecule has 1 aliphatic rings. The Morgan fingerprint density at radius 3 is 2.71 bits per heavy atom. The normalized spacial score (nSPS) is 18.3. The molecule has 0 radical (unpaired) electrons. The standard InChI is InChI=1S/C17H25BrFNO/c1-3-9-20-15(12-17(21-2)7-4-8-17)10-13-5-6-14(18)11-16(13)19/h5-6,11,15,20H,3-4,7-10,12H2,1-2H3. The van der Waals surface area contributed by atoms with Gasteiger partial charge in [-0.15, -0.1) is 0 Å². The van der Waals surface area contributed by atoms with Gasteiger partial charge < -0.3 is 10.1 Å². The molecular weight excluding hydrogens is 333 g/mol. The van der Waals surface area contributed by atoms with Gasteiger partial charge in [-0.3, -0.25) is 0 Å². The van der Waals surface area contributed by atoms with Gasteiger partial charge >= 0.3 is 0 Å². The first-order valence-corrected chi connectivity index (χ1v) is 8.60. The van der Waals surface area contributed by atoms with Crippen LogP contribution in [0.25, 0.3) is 0 Å². The van der Waals surface area contributed by atoms with Crippen LogP contribution < -0.4 is 5.32 Å². The van der Waals surface area contributed by atoms with Gasteiger partial charge in [-0.05, 0) is 62.8 Å².